The van der Waals surface area contributed by atoms with Crippen molar-refractivity contribution in [3.05, 3.63) is 210 Å². The average Bonchev–Trinajstić information content (AvgIpc) is 3.74. The van der Waals surface area contributed by atoms with Gasteiger partial charge in [-0.3, -0.25) is 0 Å². The van der Waals surface area contributed by atoms with Gasteiger partial charge in [0, 0.05) is 38.4 Å². The first-order chi connectivity index (χ1) is 27.0. The highest BCUT2D eigenvalue weighted by Crippen LogP contribution is 2.56. The van der Waals surface area contributed by atoms with E-state index < -0.39 is 0 Å². The third-order valence-electron chi connectivity index (χ3n) is 12.2. The molecule has 8 aromatic carbocycles. The van der Waals surface area contributed by atoms with Gasteiger partial charge in [0.2, 0.25) is 0 Å². The number of hydrogen-bond donors (Lipinski definition) is 0. The molecule has 1 aliphatic heterocycles. The van der Waals surface area contributed by atoms with Crippen molar-refractivity contribution >= 4 is 55.9 Å². The lowest BCUT2D eigenvalue weighted by molar-refractivity contribution is 0.660. The number of allylic oxidation sites excluding steroid dienone is 3. The van der Waals surface area contributed by atoms with Crippen LogP contribution in [0.1, 0.15) is 42.0 Å². The molecule has 8 aromatic rings. The molecule has 262 valence electrons. The molecule has 0 N–H and O–H groups in total. The molecule has 0 aromatic heterocycles. The Morgan fingerprint density at radius 2 is 1.25 bits per heavy atom. The molecule has 1 nitrogen and oxygen atoms in total. The van der Waals surface area contributed by atoms with Crippen LogP contribution in [0.2, 0.25) is 0 Å². The van der Waals surface area contributed by atoms with Gasteiger partial charge in [-0.2, -0.15) is 0 Å². The lowest BCUT2D eigenvalue weighted by atomic mass is 9.82. The Balaban J connectivity index is 1.03. The molecule has 0 amide bonds. The third kappa shape index (κ3) is 5.09. The van der Waals surface area contributed by atoms with Gasteiger partial charge in [0.05, 0.1) is 5.69 Å². The van der Waals surface area contributed by atoms with Crippen molar-refractivity contribution in [2.75, 3.05) is 4.90 Å². The second kappa shape index (κ2) is 12.5. The van der Waals surface area contributed by atoms with E-state index in [2.05, 4.69) is 207 Å². The summed E-state index contributed by atoms with van der Waals surface area (Å²) in [6, 6.07) is 63.2. The van der Waals surface area contributed by atoms with E-state index in [-0.39, 0.29) is 5.41 Å². The molecule has 0 spiro atoms. The van der Waals surface area contributed by atoms with Crippen LogP contribution in [0.5, 0.6) is 0 Å². The van der Waals surface area contributed by atoms with Crippen LogP contribution in [-0.2, 0) is 5.41 Å². The van der Waals surface area contributed by atoms with E-state index in [1.807, 2.05) is 11.8 Å². The van der Waals surface area contributed by atoms with Crippen LogP contribution in [0, 0.1) is 0 Å². The molecule has 0 fully saturated rings. The minimum absolute atomic E-state index is 0.0935. The summed E-state index contributed by atoms with van der Waals surface area (Å²) in [5, 5.41) is 5.56. The van der Waals surface area contributed by atoms with Gasteiger partial charge in [-0.25, -0.2) is 0 Å². The predicted molar refractivity (Wildman–Crippen MR) is 235 cm³/mol. The van der Waals surface area contributed by atoms with Crippen molar-refractivity contribution in [3.63, 3.8) is 0 Å². The summed E-state index contributed by atoms with van der Waals surface area (Å²) in [4.78, 5) is 3.89. The first-order valence-electron chi connectivity index (χ1n) is 19.3. The first kappa shape index (κ1) is 32.3. The van der Waals surface area contributed by atoms with Gasteiger partial charge in [0.15, 0.2) is 0 Å². The van der Waals surface area contributed by atoms with Crippen LogP contribution >= 0.6 is 11.8 Å². The number of hydrogen-bond acceptors (Lipinski definition) is 2. The monoisotopic (exact) mass is 721 g/mol. The molecule has 0 saturated heterocycles. The van der Waals surface area contributed by atoms with Gasteiger partial charge >= 0.3 is 0 Å². The standard InChI is InChI=1S/C53H39NS/c1-53(2)46-21-8-7-18-44(46)51-47(53)22-11-23-48(51)54(41-16-9-15-38(33-41)39-25-24-34-12-3-4-14-37(34)32-39)40-29-26-36(27-30-40)43-19-10-20-45-50-42-17-6-5-13-35(42)28-31-49(50)55-52(43)45/h3-33,45,52H,1-2H3. The fourth-order valence-electron chi connectivity index (χ4n) is 9.52. The molecule has 0 saturated carbocycles. The van der Waals surface area contributed by atoms with Crippen LogP contribution in [0.3, 0.4) is 0 Å². The molecular formula is C53H39NS. The van der Waals surface area contributed by atoms with E-state index in [1.54, 1.807) is 0 Å². The van der Waals surface area contributed by atoms with Crippen molar-refractivity contribution in [2.24, 2.45) is 0 Å². The summed E-state index contributed by atoms with van der Waals surface area (Å²) >= 11 is 2.02. The van der Waals surface area contributed by atoms with Gasteiger partial charge in [0.25, 0.3) is 0 Å². The summed E-state index contributed by atoms with van der Waals surface area (Å²) in [5.74, 6) is 0.357. The van der Waals surface area contributed by atoms with Gasteiger partial charge in [-0.1, -0.05) is 159 Å². The van der Waals surface area contributed by atoms with E-state index in [4.69, 9.17) is 0 Å². The zero-order valence-corrected chi connectivity index (χ0v) is 31.7. The van der Waals surface area contributed by atoms with Crippen LogP contribution in [0.15, 0.2) is 193 Å². The number of thioether (sulfide) groups is 1. The summed E-state index contributed by atoms with van der Waals surface area (Å²) in [6.45, 7) is 4.73. The van der Waals surface area contributed by atoms with Crippen LogP contribution in [-0.4, -0.2) is 5.25 Å². The highest BCUT2D eigenvalue weighted by atomic mass is 32.2. The molecule has 2 aliphatic carbocycles. The summed E-state index contributed by atoms with van der Waals surface area (Å²) in [7, 11) is 0. The van der Waals surface area contributed by atoms with Gasteiger partial charge in [-0.15, -0.1) is 11.8 Å². The molecule has 0 bridgehead atoms. The van der Waals surface area contributed by atoms with Crippen LogP contribution in [0.25, 0.3) is 49.4 Å². The molecule has 11 rings (SSSR count). The SMILES string of the molecule is CC1(C)c2ccccc2-c2c(N(c3ccc(C4=CC=CC5c6c(ccc7ccccc67)SC45)cc3)c3cccc(-c4ccc5ccccc5c4)c3)cccc21. The highest BCUT2D eigenvalue weighted by molar-refractivity contribution is 8.00. The van der Waals surface area contributed by atoms with Crippen molar-refractivity contribution < 1.29 is 0 Å². The van der Waals surface area contributed by atoms with E-state index >= 15 is 0 Å². The Kier molecular flexibility index (Phi) is 7.34. The number of rotatable bonds is 5. The Labute approximate surface area is 327 Å². The van der Waals surface area contributed by atoms with Crippen molar-refractivity contribution in [1.29, 1.82) is 0 Å². The highest BCUT2D eigenvalue weighted by Gasteiger charge is 2.39. The van der Waals surface area contributed by atoms with Gasteiger partial charge in [0.1, 0.15) is 0 Å². The van der Waals surface area contributed by atoms with Crippen molar-refractivity contribution in [2.45, 2.75) is 35.3 Å². The average molecular weight is 722 g/mol. The molecule has 55 heavy (non-hydrogen) atoms. The van der Waals surface area contributed by atoms with Crippen molar-refractivity contribution in [1.82, 2.24) is 0 Å². The lowest BCUT2D eigenvalue weighted by Gasteiger charge is -2.30. The van der Waals surface area contributed by atoms with Crippen LogP contribution in [0.4, 0.5) is 17.1 Å². The van der Waals surface area contributed by atoms with E-state index in [0.29, 0.717) is 11.2 Å². The van der Waals surface area contributed by atoms with Crippen LogP contribution < -0.4 is 4.90 Å². The molecule has 3 aliphatic rings. The van der Waals surface area contributed by atoms with Gasteiger partial charge in [-0.05, 0) is 109 Å². The smallest absolute Gasteiger partial charge is 0.0543 e. The summed E-state index contributed by atoms with van der Waals surface area (Å²) in [5.41, 5.74) is 15.4. The predicted octanol–water partition coefficient (Wildman–Crippen LogP) is 14.6. The van der Waals surface area contributed by atoms with E-state index in [1.165, 1.54) is 82.2 Å². The minimum Gasteiger partial charge on any atom is -0.310 e. The molecule has 0 radical (unpaired) electrons. The Morgan fingerprint density at radius 3 is 2.15 bits per heavy atom. The molecular weight excluding hydrogens is 683 g/mol. The quantitative estimate of drug-likeness (QED) is 0.174. The topological polar surface area (TPSA) is 3.24 Å². The zero-order chi connectivity index (χ0) is 36.7. The maximum atomic E-state index is 2.48. The Hall–Kier alpha value is -6.09. The van der Waals surface area contributed by atoms with E-state index in [9.17, 15) is 0 Å². The van der Waals surface area contributed by atoms with Crippen molar-refractivity contribution in [3.8, 4) is 22.3 Å². The Bertz CT molecular complexity index is 2890. The van der Waals surface area contributed by atoms with E-state index in [0.717, 1.165) is 11.4 Å². The maximum Gasteiger partial charge on any atom is 0.0543 e. The number of nitrogens with zero attached hydrogens (tertiary/aromatic N) is 1. The number of benzene rings is 8. The number of anilines is 3. The fraction of sp³-hybridized carbons (Fsp3) is 0.0943. The summed E-state index contributed by atoms with van der Waals surface area (Å²) < 4.78 is 0. The second-order valence-electron chi connectivity index (χ2n) is 15.6. The minimum atomic E-state index is -0.0935. The molecule has 2 heteroatoms. The fourth-order valence-corrected chi connectivity index (χ4v) is 11.0. The summed E-state index contributed by atoms with van der Waals surface area (Å²) in [6.07, 6.45) is 7.03. The third-order valence-corrected chi connectivity index (χ3v) is 13.6. The second-order valence-corrected chi connectivity index (χ2v) is 16.8. The lowest BCUT2D eigenvalue weighted by Crippen LogP contribution is -2.16. The Morgan fingerprint density at radius 1 is 0.545 bits per heavy atom. The zero-order valence-electron chi connectivity index (χ0n) is 30.9. The maximum absolute atomic E-state index is 2.48. The molecule has 2 unspecified atom stereocenters. The number of fused-ring (bicyclic) bond motifs is 9. The van der Waals surface area contributed by atoms with Gasteiger partial charge < -0.3 is 4.90 Å². The molecule has 1 heterocycles. The largest absolute Gasteiger partial charge is 0.310 e. The molecule has 2 atom stereocenters. The first-order valence-corrected chi connectivity index (χ1v) is 20.2. The normalized spacial score (nSPS) is 17.4.